The fourth-order valence-corrected chi connectivity index (χ4v) is 2.33. The Morgan fingerprint density at radius 3 is 2.25 bits per heavy atom. The zero-order chi connectivity index (χ0) is 14.9. The first-order chi connectivity index (χ1) is 9.34. The number of ketones is 1. The zero-order valence-corrected chi connectivity index (χ0v) is 12.7. The predicted octanol–water partition coefficient (Wildman–Crippen LogP) is 4.89. The van der Waals surface area contributed by atoms with Crippen LogP contribution in [0.3, 0.4) is 0 Å². The molecule has 0 unspecified atom stereocenters. The van der Waals surface area contributed by atoms with Crippen LogP contribution in [-0.2, 0) is 5.41 Å². The van der Waals surface area contributed by atoms with Crippen LogP contribution in [0, 0.1) is 11.6 Å². The van der Waals surface area contributed by atoms with Crippen molar-refractivity contribution in [3.05, 3.63) is 69.7 Å². The Kier molecular flexibility index (Phi) is 4.04. The minimum Gasteiger partial charge on any atom is -0.293 e. The lowest BCUT2D eigenvalue weighted by Gasteiger charge is -2.24. The van der Waals surface area contributed by atoms with Gasteiger partial charge in [-0.05, 0) is 47.5 Å². The lowest BCUT2D eigenvalue weighted by atomic mass is 9.78. The molecule has 0 aromatic heterocycles. The van der Waals surface area contributed by atoms with Crippen molar-refractivity contribution >= 4 is 21.7 Å². The lowest BCUT2D eigenvalue weighted by Crippen LogP contribution is -2.30. The summed E-state index contributed by atoms with van der Waals surface area (Å²) < 4.78 is 27.5. The maximum Gasteiger partial charge on any atom is 0.175 e. The van der Waals surface area contributed by atoms with E-state index in [1.165, 1.54) is 0 Å². The van der Waals surface area contributed by atoms with Crippen LogP contribution in [0.15, 0.2) is 46.9 Å². The molecule has 0 saturated carbocycles. The predicted molar refractivity (Wildman–Crippen MR) is 77.9 cm³/mol. The molecule has 0 atom stereocenters. The minimum atomic E-state index is -0.928. The van der Waals surface area contributed by atoms with Crippen LogP contribution in [0.2, 0.25) is 0 Å². The summed E-state index contributed by atoms with van der Waals surface area (Å²) in [6.45, 7) is 3.40. The molecule has 0 bridgehead atoms. The van der Waals surface area contributed by atoms with E-state index < -0.39 is 22.8 Å². The molecule has 0 saturated heterocycles. The molecule has 2 aromatic rings. The van der Waals surface area contributed by atoms with Gasteiger partial charge in [0.1, 0.15) is 11.6 Å². The first-order valence-electron chi connectivity index (χ1n) is 6.09. The third-order valence-corrected chi connectivity index (χ3v) is 3.93. The van der Waals surface area contributed by atoms with Gasteiger partial charge in [-0.3, -0.25) is 4.79 Å². The first-order valence-corrected chi connectivity index (χ1v) is 6.88. The highest BCUT2D eigenvalue weighted by molar-refractivity contribution is 9.10. The summed E-state index contributed by atoms with van der Waals surface area (Å²) >= 11 is 2.90. The van der Waals surface area contributed by atoms with Crippen LogP contribution in [-0.4, -0.2) is 5.78 Å². The average molecular weight is 339 g/mol. The van der Waals surface area contributed by atoms with Crippen molar-refractivity contribution in [2.24, 2.45) is 0 Å². The lowest BCUT2D eigenvalue weighted by molar-refractivity contribution is 0.0904. The molecule has 0 radical (unpaired) electrons. The van der Waals surface area contributed by atoms with Crippen molar-refractivity contribution in [1.29, 1.82) is 0 Å². The van der Waals surface area contributed by atoms with Crippen LogP contribution in [0.4, 0.5) is 8.78 Å². The van der Waals surface area contributed by atoms with Crippen LogP contribution in [0.5, 0.6) is 0 Å². The first kappa shape index (κ1) is 14.9. The molecule has 0 aliphatic rings. The molecule has 0 heterocycles. The summed E-state index contributed by atoms with van der Waals surface area (Å²) in [6, 6.07) is 11.0. The normalized spacial score (nSPS) is 11.4. The van der Waals surface area contributed by atoms with Gasteiger partial charge in [-0.1, -0.05) is 30.3 Å². The standard InChI is InChI=1S/C16H13BrF2O/c1-16(2,10-6-4-3-5-7-10)15(20)11-8-14(19)12(17)9-13(11)18/h3-9H,1-2H3. The SMILES string of the molecule is CC(C)(C(=O)c1cc(F)c(Br)cc1F)c1ccccc1. The second-order valence-corrected chi connectivity index (χ2v) is 5.92. The minimum absolute atomic E-state index is 0.00377. The Balaban J connectivity index is 2.49. The number of carbonyl (C=O) groups is 1. The van der Waals surface area contributed by atoms with E-state index >= 15 is 0 Å². The largest absolute Gasteiger partial charge is 0.293 e. The van der Waals surface area contributed by atoms with Gasteiger partial charge in [0.2, 0.25) is 0 Å². The van der Waals surface area contributed by atoms with Crippen molar-refractivity contribution in [3.8, 4) is 0 Å². The Morgan fingerprint density at radius 2 is 1.65 bits per heavy atom. The van der Waals surface area contributed by atoms with Crippen LogP contribution < -0.4 is 0 Å². The van der Waals surface area contributed by atoms with Crippen molar-refractivity contribution in [1.82, 2.24) is 0 Å². The smallest absolute Gasteiger partial charge is 0.175 e. The molecule has 0 N–H and O–H groups in total. The number of hydrogen-bond acceptors (Lipinski definition) is 1. The fourth-order valence-electron chi connectivity index (χ4n) is 2.02. The van der Waals surface area contributed by atoms with Crippen molar-refractivity contribution < 1.29 is 13.6 Å². The summed E-state index contributed by atoms with van der Waals surface area (Å²) in [5.74, 6) is -1.83. The van der Waals surface area contributed by atoms with Gasteiger partial charge in [-0.15, -0.1) is 0 Å². The topological polar surface area (TPSA) is 17.1 Å². The van der Waals surface area contributed by atoms with Crippen LogP contribution in [0.1, 0.15) is 29.8 Å². The van der Waals surface area contributed by atoms with Gasteiger partial charge < -0.3 is 0 Å². The number of halogens is 3. The maximum absolute atomic E-state index is 13.9. The second kappa shape index (κ2) is 5.44. The second-order valence-electron chi connectivity index (χ2n) is 5.07. The highest BCUT2D eigenvalue weighted by Gasteiger charge is 2.32. The van der Waals surface area contributed by atoms with Gasteiger partial charge in [0.05, 0.1) is 15.5 Å². The molecule has 1 nitrogen and oxygen atoms in total. The number of hydrogen-bond donors (Lipinski definition) is 0. The summed E-state index contributed by atoms with van der Waals surface area (Å²) in [4.78, 5) is 12.5. The molecule has 2 rings (SSSR count). The molecule has 4 heteroatoms. The molecule has 0 aliphatic heterocycles. The highest BCUT2D eigenvalue weighted by Crippen LogP contribution is 2.30. The molecule has 0 spiro atoms. The van der Waals surface area contributed by atoms with E-state index in [9.17, 15) is 13.6 Å². The van der Waals surface area contributed by atoms with E-state index in [0.29, 0.717) is 0 Å². The number of rotatable bonds is 3. The van der Waals surface area contributed by atoms with E-state index in [0.717, 1.165) is 17.7 Å². The van der Waals surface area contributed by atoms with E-state index in [-0.39, 0.29) is 10.0 Å². The summed E-state index contributed by atoms with van der Waals surface area (Å²) in [6.07, 6.45) is 0. The van der Waals surface area contributed by atoms with Gasteiger partial charge in [0.25, 0.3) is 0 Å². The third kappa shape index (κ3) is 2.66. The van der Waals surface area contributed by atoms with Gasteiger partial charge in [0, 0.05) is 0 Å². The van der Waals surface area contributed by atoms with E-state index in [1.807, 2.05) is 18.2 Å². The zero-order valence-electron chi connectivity index (χ0n) is 11.1. The third-order valence-electron chi connectivity index (χ3n) is 3.32. The Bertz CT molecular complexity index is 651. The molecule has 0 fully saturated rings. The quantitative estimate of drug-likeness (QED) is 0.575. The van der Waals surface area contributed by atoms with Gasteiger partial charge in [0.15, 0.2) is 5.78 Å². The molecule has 104 valence electrons. The van der Waals surface area contributed by atoms with E-state index in [2.05, 4.69) is 15.9 Å². The highest BCUT2D eigenvalue weighted by atomic mass is 79.9. The summed E-state index contributed by atoms with van der Waals surface area (Å²) in [5.41, 5.74) is -0.408. The Morgan fingerprint density at radius 1 is 1.05 bits per heavy atom. The van der Waals surface area contributed by atoms with Crippen molar-refractivity contribution in [2.45, 2.75) is 19.3 Å². The van der Waals surface area contributed by atoms with E-state index in [4.69, 9.17) is 0 Å². The van der Waals surface area contributed by atoms with Crippen molar-refractivity contribution in [2.75, 3.05) is 0 Å². The van der Waals surface area contributed by atoms with Crippen LogP contribution in [0.25, 0.3) is 0 Å². The van der Waals surface area contributed by atoms with Gasteiger partial charge in [-0.2, -0.15) is 0 Å². The Labute approximate surface area is 124 Å². The molecule has 20 heavy (non-hydrogen) atoms. The summed E-state index contributed by atoms with van der Waals surface area (Å²) in [7, 11) is 0. The number of carbonyl (C=O) groups excluding carboxylic acids is 1. The van der Waals surface area contributed by atoms with Gasteiger partial charge in [-0.25, -0.2) is 8.78 Å². The van der Waals surface area contributed by atoms with Crippen LogP contribution >= 0.6 is 15.9 Å². The number of Topliss-reactive ketones (excluding diaryl/α,β-unsaturated/α-hetero) is 1. The van der Waals surface area contributed by atoms with Crippen molar-refractivity contribution in [3.63, 3.8) is 0 Å². The summed E-state index contributed by atoms with van der Waals surface area (Å²) in [5, 5.41) is 0. The molecular weight excluding hydrogens is 326 g/mol. The molecule has 0 amide bonds. The van der Waals surface area contributed by atoms with E-state index in [1.54, 1.807) is 26.0 Å². The average Bonchev–Trinajstić information content (AvgIpc) is 2.43. The maximum atomic E-state index is 13.9. The van der Waals surface area contributed by atoms with Gasteiger partial charge >= 0.3 is 0 Å². The number of benzene rings is 2. The molecular formula is C16H13BrF2O. The fraction of sp³-hybridized carbons (Fsp3) is 0.188. The molecule has 2 aromatic carbocycles. The molecule has 0 aliphatic carbocycles. The monoisotopic (exact) mass is 338 g/mol. The Hall–Kier alpha value is -1.55.